The molecule has 0 aromatic heterocycles. The average Bonchev–Trinajstić information content (AvgIpc) is 2.55. The Bertz CT molecular complexity index is 736. The van der Waals surface area contributed by atoms with Gasteiger partial charge in [-0.3, -0.25) is 4.79 Å². The number of rotatable bonds is 6. The standard InChI is InChI=1S/C20H24N2O2/c1-4-24-19-11-9-15(13-17(19)21)10-12-20(23)22-18-8-6-5-7-16(18)14(2)3/h5-14H,4,21H2,1-3H3,(H,22,23)/b12-10-. The van der Waals surface area contributed by atoms with Gasteiger partial charge in [0.15, 0.2) is 0 Å². The van der Waals surface area contributed by atoms with Gasteiger partial charge in [0.2, 0.25) is 5.91 Å². The molecule has 4 heteroatoms. The fraction of sp³-hybridized carbons (Fsp3) is 0.250. The molecule has 0 atom stereocenters. The molecule has 1 amide bonds. The van der Waals surface area contributed by atoms with Gasteiger partial charge in [0.05, 0.1) is 12.3 Å². The highest BCUT2D eigenvalue weighted by molar-refractivity contribution is 6.02. The molecule has 126 valence electrons. The first-order valence-electron chi connectivity index (χ1n) is 8.11. The van der Waals surface area contributed by atoms with E-state index in [-0.39, 0.29) is 5.91 Å². The second-order valence-electron chi connectivity index (χ2n) is 5.79. The zero-order valence-corrected chi connectivity index (χ0v) is 14.4. The first-order chi connectivity index (χ1) is 11.5. The third-order valence-corrected chi connectivity index (χ3v) is 3.60. The van der Waals surface area contributed by atoms with Crippen LogP contribution >= 0.6 is 0 Å². The molecule has 0 saturated carbocycles. The Labute approximate surface area is 143 Å². The summed E-state index contributed by atoms with van der Waals surface area (Å²) in [5.41, 5.74) is 9.30. The summed E-state index contributed by atoms with van der Waals surface area (Å²) < 4.78 is 5.40. The third kappa shape index (κ3) is 4.62. The second-order valence-corrected chi connectivity index (χ2v) is 5.79. The maximum atomic E-state index is 12.2. The van der Waals surface area contributed by atoms with Crippen LogP contribution in [0.15, 0.2) is 48.5 Å². The van der Waals surface area contributed by atoms with Crippen molar-refractivity contribution in [2.45, 2.75) is 26.7 Å². The highest BCUT2D eigenvalue weighted by atomic mass is 16.5. The molecule has 0 spiro atoms. The number of ether oxygens (including phenoxy) is 1. The largest absolute Gasteiger partial charge is 0.492 e. The Kier molecular flexibility index (Phi) is 6.01. The van der Waals surface area contributed by atoms with Gasteiger partial charge < -0.3 is 15.8 Å². The number of carbonyl (C=O) groups excluding carboxylic acids is 1. The number of hydrogen-bond acceptors (Lipinski definition) is 3. The number of benzene rings is 2. The number of anilines is 2. The van der Waals surface area contributed by atoms with Gasteiger partial charge in [0, 0.05) is 11.8 Å². The average molecular weight is 324 g/mol. The number of nitrogens with one attached hydrogen (secondary N) is 1. The van der Waals surface area contributed by atoms with Crippen LogP contribution in [-0.4, -0.2) is 12.5 Å². The van der Waals surface area contributed by atoms with E-state index in [9.17, 15) is 4.79 Å². The van der Waals surface area contributed by atoms with Crippen LogP contribution in [0.1, 0.15) is 37.8 Å². The summed E-state index contributed by atoms with van der Waals surface area (Å²) in [6.45, 7) is 6.68. The normalized spacial score (nSPS) is 11.0. The van der Waals surface area contributed by atoms with Gasteiger partial charge in [-0.1, -0.05) is 38.1 Å². The molecule has 2 rings (SSSR count). The fourth-order valence-corrected chi connectivity index (χ4v) is 2.42. The van der Waals surface area contributed by atoms with E-state index in [0.29, 0.717) is 24.0 Å². The molecule has 0 unspecified atom stereocenters. The van der Waals surface area contributed by atoms with Gasteiger partial charge >= 0.3 is 0 Å². The van der Waals surface area contributed by atoms with E-state index in [1.165, 1.54) is 6.08 Å². The number of para-hydroxylation sites is 1. The number of nitrogens with two attached hydrogens (primary N) is 1. The molecule has 2 aromatic rings. The summed E-state index contributed by atoms with van der Waals surface area (Å²) in [6.07, 6.45) is 3.24. The summed E-state index contributed by atoms with van der Waals surface area (Å²) in [6, 6.07) is 13.3. The van der Waals surface area contributed by atoms with E-state index in [4.69, 9.17) is 10.5 Å². The molecule has 0 aliphatic carbocycles. The number of carbonyl (C=O) groups is 1. The Morgan fingerprint density at radius 2 is 2.00 bits per heavy atom. The molecule has 0 heterocycles. The molecule has 2 aromatic carbocycles. The monoisotopic (exact) mass is 324 g/mol. The van der Waals surface area contributed by atoms with Crippen molar-refractivity contribution in [3.8, 4) is 5.75 Å². The molecular formula is C20H24N2O2. The second kappa shape index (κ2) is 8.20. The van der Waals surface area contributed by atoms with Gasteiger partial charge in [-0.05, 0) is 48.2 Å². The molecule has 0 saturated heterocycles. The van der Waals surface area contributed by atoms with Crippen molar-refractivity contribution < 1.29 is 9.53 Å². The lowest BCUT2D eigenvalue weighted by molar-refractivity contribution is -0.111. The highest BCUT2D eigenvalue weighted by Crippen LogP contribution is 2.24. The first-order valence-corrected chi connectivity index (χ1v) is 8.11. The summed E-state index contributed by atoms with van der Waals surface area (Å²) in [5.74, 6) is 0.830. The van der Waals surface area contributed by atoms with Crippen LogP contribution < -0.4 is 15.8 Å². The van der Waals surface area contributed by atoms with Crippen molar-refractivity contribution in [1.29, 1.82) is 0 Å². The first kappa shape index (κ1) is 17.6. The minimum Gasteiger partial charge on any atom is -0.492 e. The van der Waals surface area contributed by atoms with Crippen LogP contribution in [0, 0.1) is 0 Å². The summed E-state index contributed by atoms with van der Waals surface area (Å²) in [4.78, 5) is 12.2. The van der Waals surface area contributed by atoms with E-state index in [0.717, 1.165) is 16.8 Å². The van der Waals surface area contributed by atoms with Crippen molar-refractivity contribution in [2.75, 3.05) is 17.7 Å². The minimum absolute atomic E-state index is 0.171. The fourth-order valence-electron chi connectivity index (χ4n) is 2.42. The molecule has 0 fully saturated rings. The summed E-state index contributed by atoms with van der Waals surface area (Å²) in [5, 5.41) is 2.93. The van der Waals surface area contributed by atoms with E-state index in [1.807, 2.05) is 43.3 Å². The minimum atomic E-state index is -0.171. The van der Waals surface area contributed by atoms with Crippen LogP contribution in [0.4, 0.5) is 11.4 Å². The van der Waals surface area contributed by atoms with Crippen molar-refractivity contribution in [2.24, 2.45) is 0 Å². The third-order valence-electron chi connectivity index (χ3n) is 3.60. The molecule has 0 aliphatic rings. The predicted octanol–water partition coefficient (Wildman–Crippen LogP) is 4.44. The number of nitrogen functional groups attached to an aromatic ring is 1. The Morgan fingerprint density at radius 3 is 2.67 bits per heavy atom. The summed E-state index contributed by atoms with van der Waals surface area (Å²) >= 11 is 0. The quantitative estimate of drug-likeness (QED) is 0.610. The lowest BCUT2D eigenvalue weighted by Crippen LogP contribution is -2.10. The maximum Gasteiger partial charge on any atom is 0.248 e. The SMILES string of the molecule is CCOc1ccc(/C=C\C(=O)Nc2ccccc2C(C)C)cc1N. The van der Waals surface area contributed by atoms with E-state index in [1.54, 1.807) is 12.1 Å². The van der Waals surface area contributed by atoms with Crippen LogP contribution in [0.25, 0.3) is 6.08 Å². The van der Waals surface area contributed by atoms with Crippen LogP contribution in [0.3, 0.4) is 0 Å². The van der Waals surface area contributed by atoms with E-state index < -0.39 is 0 Å². The molecule has 0 bridgehead atoms. The van der Waals surface area contributed by atoms with Gasteiger partial charge in [0.1, 0.15) is 5.75 Å². The smallest absolute Gasteiger partial charge is 0.248 e. The topological polar surface area (TPSA) is 64.3 Å². The van der Waals surface area contributed by atoms with Crippen molar-refractivity contribution in [3.05, 3.63) is 59.7 Å². The van der Waals surface area contributed by atoms with Crippen molar-refractivity contribution in [3.63, 3.8) is 0 Å². The summed E-state index contributed by atoms with van der Waals surface area (Å²) in [7, 11) is 0. The molecule has 0 aliphatic heterocycles. The maximum absolute atomic E-state index is 12.2. The van der Waals surface area contributed by atoms with E-state index >= 15 is 0 Å². The van der Waals surface area contributed by atoms with Gasteiger partial charge in [-0.15, -0.1) is 0 Å². The molecule has 0 radical (unpaired) electrons. The lowest BCUT2D eigenvalue weighted by Gasteiger charge is -2.12. The molecule has 3 N–H and O–H groups in total. The van der Waals surface area contributed by atoms with Crippen molar-refractivity contribution in [1.82, 2.24) is 0 Å². The number of amides is 1. The lowest BCUT2D eigenvalue weighted by atomic mass is 10.0. The van der Waals surface area contributed by atoms with Crippen LogP contribution in [0.5, 0.6) is 5.75 Å². The van der Waals surface area contributed by atoms with Crippen LogP contribution in [0.2, 0.25) is 0 Å². The predicted molar refractivity (Wildman–Crippen MR) is 100 cm³/mol. The Balaban J connectivity index is 2.07. The highest BCUT2D eigenvalue weighted by Gasteiger charge is 2.07. The zero-order chi connectivity index (χ0) is 17.5. The number of hydrogen-bond donors (Lipinski definition) is 2. The Hall–Kier alpha value is -2.75. The zero-order valence-electron chi connectivity index (χ0n) is 14.4. The Morgan fingerprint density at radius 1 is 1.25 bits per heavy atom. The molecular weight excluding hydrogens is 300 g/mol. The molecule has 24 heavy (non-hydrogen) atoms. The van der Waals surface area contributed by atoms with Crippen molar-refractivity contribution >= 4 is 23.4 Å². The van der Waals surface area contributed by atoms with Gasteiger partial charge in [-0.25, -0.2) is 0 Å². The van der Waals surface area contributed by atoms with E-state index in [2.05, 4.69) is 19.2 Å². The van der Waals surface area contributed by atoms with Crippen LogP contribution in [-0.2, 0) is 4.79 Å². The van der Waals surface area contributed by atoms with Gasteiger partial charge in [-0.2, -0.15) is 0 Å². The van der Waals surface area contributed by atoms with Gasteiger partial charge in [0.25, 0.3) is 0 Å². The molecule has 4 nitrogen and oxygen atoms in total.